The average molecular weight is 326 g/mol. The van der Waals surface area contributed by atoms with Gasteiger partial charge in [0, 0.05) is 36.9 Å². The Balaban J connectivity index is 2.00. The Kier molecular flexibility index (Phi) is 4.15. The molecule has 0 amide bonds. The first kappa shape index (κ1) is 16.3. The van der Waals surface area contributed by atoms with Gasteiger partial charge in [0.2, 0.25) is 0 Å². The first-order valence-electron chi connectivity index (χ1n) is 7.91. The van der Waals surface area contributed by atoms with E-state index in [1.54, 1.807) is 30.3 Å². The summed E-state index contributed by atoms with van der Waals surface area (Å²) in [6.45, 7) is 5.92. The van der Waals surface area contributed by atoms with Gasteiger partial charge in [-0.1, -0.05) is 0 Å². The highest BCUT2D eigenvalue weighted by molar-refractivity contribution is 5.88. The predicted molar refractivity (Wildman–Crippen MR) is 94.7 cm³/mol. The highest BCUT2D eigenvalue weighted by Crippen LogP contribution is 2.34. The van der Waals surface area contributed by atoms with Gasteiger partial charge in [0.15, 0.2) is 0 Å². The smallest absolute Gasteiger partial charge is 0.136 e. The Hall–Kier alpha value is -2.60. The van der Waals surface area contributed by atoms with E-state index < -0.39 is 0 Å². The Morgan fingerprint density at radius 2 is 2.00 bits per heavy atom. The minimum Gasteiger partial charge on any atom is -0.508 e. The number of nitrogens with two attached hydrogens (primary N) is 1. The van der Waals surface area contributed by atoms with E-state index in [9.17, 15) is 5.11 Å². The minimum atomic E-state index is -0.372. The summed E-state index contributed by atoms with van der Waals surface area (Å²) in [6.07, 6.45) is 1.17. The monoisotopic (exact) mass is 326 g/mol. The van der Waals surface area contributed by atoms with Crippen molar-refractivity contribution >= 4 is 12.0 Å². The molecule has 1 aromatic heterocycles. The number of phenolic OH excluding ortho intramolecular Hbond substituents is 1. The highest BCUT2D eigenvalue weighted by Gasteiger charge is 2.36. The molecule has 0 spiro atoms. The summed E-state index contributed by atoms with van der Waals surface area (Å²) in [5.41, 5.74) is 7.62. The maximum atomic E-state index is 9.44. The third kappa shape index (κ3) is 3.05. The molecule has 0 unspecified atom stereocenters. The second-order valence-electron chi connectivity index (χ2n) is 6.56. The number of nitrogens with one attached hydrogen (secondary N) is 2. The Bertz CT molecular complexity index is 752. The first-order valence-corrected chi connectivity index (χ1v) is 7.91. The lowest BCUT2D eigenvalue weighted by Crippen LogP contribution is -2.55. The van der Waals surface area contributed by atoms with Crippen LogP contribution in [-0.2, 0) is 0 Å². The Morgan fingerprint density at radius 3 is 2.54 bits per heavy atom. The number of hydrogen-bond acceptors (Lipinski definition) is 6. The fraction of sp³-hybridized carbons (Fsp3) is 0.333. The van der Waals surface area contributed by atoms with Gasteiger partial charge in [-0.25, -0.2) is 4.98 Å². The number of rotatable bonds is 5. The third-order valence-electron chi connectivity index (χ3n) is 4.50. The summed E-state index contributed by atoms with van der Waals surface area (Å²) in [6, 6.07) is 8.54. The van der Waals surface area contributed by atoms with Crippen molar-refractivity contribution in [2.24, 2.45) is 5.92 Å². The van der Waals surface area contributed by atoms with Crippen molar-refractivity contribution in [3.63, 3.8) is 0 Å². The number of nitrogens with zero attached hydrogens (tertiary/aromatic N) is 1. The van der Waals surface area contributed by atoms with Crippen molar-refractivity contribution in [3.05, 3.63) is 35.9 Å². The van der Waals surface area contributed by atoms with Crippen molar-refractivity contribution in [3.8, 4) is 22.8 Å². The van der Waals surface area contributed by atoms with Crippen LogP contribution in [0.4, 0.5) is 5.82 Å². The van der Waals surface area contributed by atoms with Crippen molar-refractivity contribution in [2.75, 3.05) is 18.8 Å². The molecule has 3 rings (SSSR count). The van der Waals surface area contributed by atoms with Gasteiger partial charge < -0.3 is 26.3 Å². The molecule has 1 aromatic carbocycles. The van der Waals surface area contributed by atoms with Crippen molar-refractivity contribution in [2.45, 2.75) is 19.4 Å². The average Bonchev–Trinajstić information content (AvgIpc) is 2.44. The van der Waals surface area contributed by atoms with Crippen LogP contribution in [0.3, 0.4) is 0 Å². The number of aromatic hydroxyl groups is 1. The van der Waals surface area contributed by atoms with Crippen LogP contribution >= 0.6 is 0 Å². The van der Waals surface area contributed by atoms with Gasteiger partial charge in [-0.3, -0.25) is 0 Å². The normalized spacial score (nSPS) is 14.9. The fourth-order valence-electron chi connectivity index (χ4n) is 2.71. The van der Waals surface area contributed by atoms with Crippen LogP contribution < -0.4 is 15.8 Å². The molecule has 0 saturated carbocycles. The number of pyridine rings is 1. The number of hydrogen-bond donors (Lipinski definition) is 4. The molecule has 1 aliphatic heterocycles. The number of ether oxygens (including phenoxy) is 1. The van der Waals surface area contributed by atoms with E-state index in [2.05, 4.69) is 10.3 Å². The van der Waals surface area contributed by atoms with Crippen molar-refractivity contribution in [1.82, 2.24) is 10.3 Å². The second kappa shape index (κ2) is 6.13. The van der Waals surface area contributed by atoms with E-state index >= 15 is 0 Å². The molecule has 1 saturated heterocycles. The van der Waals surface area contributed by atoms with Gasteiger partial charge in [-0.05, 0) is 38.1 Å². The zero-order valence-corrected chi connectivity index (χ0v) is 13.8. The van der Waals surface area contributed by atoms with Gasteiger partial charge in [-0.15, -0.1) is 0 Å². The summed E-state index contributed by atoms with van der Waals surface area (Å²) in [4.78, 5) is 4.37. The van der Waals surface area contributed by atoms with E-state index in [1.165, 1.54) is 6.21 Å². The molecule has 0 atom stereocenters. The Labute approximate surface area is 141 Å². The lowest BCUT2D eigenvalue weighted by molar-refractivity contribution is 0.0180. The molecular formula is C18H22N4O2. The van der Waals surface area contributed by atoms with Crippen molar-refractivity contribution in [1.29, 1.82) is 5.41 Å². The topological polar surface area (TPSA) is 104 Å². The largest absolute Gasteiger partial charge is 0.508 e. The lowest BCUT2D eigenvalue weighted by Gasteiger charge is -2.41. The van der Waals surface area contributed by atoms with Crippen LogP contribution in [0.15, 0.2) is 30.3 Å². The van der Waals surface area contributed by atoms with Crippen molar-refractivity contribution < 1.29 is 9.84 Å². The summed E-state index contributed by atoms with van der Waals surface area (Å²) in [5.74, 6) is 1.41. The molecule has 1 aliphatic rings. The molecule has 6 nitrogen and oxygen atoms in total. The number of phenols is 1. The summed E-state index contributed by atoms with van der Waals surface area (Å²) >= 11 is 0. The van der Waals surface area contributed by atoms with E-state index in [4.69, 9.17) is 15.9 Å². The van der Waals surface area contributed by atoms with Crippen LogP contribution in [0.25, 0.3) is 11.3 Å². The lowest BCUT2D eigenvalue weighted by atomic mass is 9.86. The zero-order chi connectivity index (χ0) is 17.3. The standard InChI is InChI=1S/C18H22N4O2/c1-18(2,12-9-21-10-12)24-16-7-15(22-17(20)14(16)8-19)11-3-5-13(23)6-4-11/h3-8,12,19,21,23H,9-10H2,1-2H3,(H2,20,22). The highest BCUT2D eigenvalue weighted by atomic mass is 16.5. The molecular weight excluding hydrogens is 304 g/mol. The molecule has 24 heavy (non-hydrogen) atoms. The molecule has 0 aliphatic carbocycles. The number of aromatic nitrogens is 1. The summed E-state index contributed by atoms with van der Waals surface area (Å²) < 4.78 is 6.23. The molecule has 6 heteroatoms. The van der Waals surface area contributed by atoms with E-state index in [0.717, 1.165) is 18.7 Å². The molecule has 5 N–H and O–H groups in total. The molecule has 0 radical (unpaired) electrons. The molecule has 2 heterocycles. The van der Waals surface area contributed by atoms with Gasteiger partial charge in [0.05, 0.1) is 11.3 Å². The zero-order valence-electron chi connectivity index (χ0n) is 13.8. The van der Waals surface area contributed by atoms with Crippen LogP contribution in [0.5, 0.6) is 11.5 Å². The predicted octanol–water partition coefficient (Wildman–Crippen LogP) is 2.41. The quantitative estimate of drug-likeness (QED) is 0.632. The number of anilines is 1. The van der Waals surface area contributed by atoms with Gasteiger partial charge in [0.25, 0.3) is 0 Å². The SMILES string of the molecule is CC(C)(Oc1cc(-c2ccc(O)cc2)nc(N)c1C=N)C1CNC1. The molecule has 1 fully saturated rings. The summed E-state index contributed by atoms with van der Waals surface area (Å²) in [7, 11) is 0. The fourth-order valence-corrected chi connectivity index (χ4v) is 2.71. The van der Waals surface area contributed by atoms with Crippen LogP contribution in [0.1, 0.15) is 19.4 Å². The van der Waals surface area contributed by atoms with Gasteiger partial charge in [-0.2, -0.15) is 0 Å². The van der Waals surface area contributed by atoms with Gasteiger partial charge in [0.1, 0.15) is 22.9 Å². The van der Waals surface area contributed by atoms with Crippen LogP contribution in [-0.4, -0.2) is 35.0 Å². The minimum absolute atomic E-state index is 0.193. The second-order valence-corrected chi connectivity index (χ2v) is 6.56. The first-order chi connectivity index (χ1) is 11.4. The van der Waals surface area contributed by atoms with E-state index in [-0.39, 0.29) is 17.2 Å². The van der Waals surface area contributed by atoms with Crippen LogP contribution in [0.2, 0.25) is 0 Å². The maximum absolute atomic E-state index is 9.44. The van der Waals surface area contributed by atoms with E-state index in [1.807, 2.05) is 13.8 Å². The third-order valence-corrected chi connectivity index (χ3v) is 4.50. The Morgan fingerprint density at radius 1 is 1.33 bits per heavy atom. The maximum Gasteiger partial charge on any atom is 0.136 e. The molecule has 0 bridgehead atoms. The number of benzene rings is 1. The summed E-state index contributed by atoms with van der Waals surface area (Å²) in [5, 5.41) is 20.3. The molecule has 2 aromatic rings. The van der Waals surface area contributed by atoms with Crippen LogP contribution in [0, 0.1) is 11.3 Å². The number of nitrogen functional groups attached to an aromatic ring is 1. The van der Waals surface area contributed by atoms with E-state index in [0.29, 0.717) is 22.9 Å². The van der Waals surface area contributed by atoms with Gasteiger partial charge >= 0.3 is 0 Å². The molecule has 126 valence electrons.